The molecular formula is C19H28N2OS. The first-order chi connectivity index (χ1) is 11.0. The van der Waals surface area contributed by atoms with Crippen LogP contribution in [0.1, 0.15) is 62.8 Å². The summed E-state index contributed by atoms with van der Waals surface area (Å²) >= 11 is 1.69. The van der Waals surface area contributed by atoms with E-state index in [9.17, 15) is 4.79 Å². The van der Waals surface area contributed by atoms with Crippen LogP contribution in [0.5, 0.6) is 0 Å². The van der Waals surface area contributed by atoms with Gasteiger partial charge in [0, 0.05) is 37.5 Å². The van der Waals surface area contributed by atoms with Gasteiger partial charge in [-0.05, 0) is 61.7 Å². The Morgan fingerprint density at radius 1 is 1.30 bits per heavy atom. The number of rotatable bonds is 5. The van der Waals surface area contributed by atoms with Crippen molar-refractivity contribution in [2.75, 3.05) is 13.6 Å². The van der Waals surface area contributed by atoms with Gasteiger partial charge in [0.15, 0.2) is 0 Å². The fraction of sp³-hybridized carbons (Fsp3) is 0.789. The summed E-state index contributed by atoms with van der Waals surface area (Å²) in [5, 5.41) is 3.16. The molecule has 1 atom stereocenters. The van der Waals surface area contributed by atoms with Gasteiger partial charge in [-0.2, -0.15) is 0 Å². The van der Waals surface area contributed by atoms with E-state index in [4.69, 9.17) is 0 Å². The molecule has 0 aromatic carbocycles. The summed E-state index contributed by atoms with van der Waals surface area (Å²) in [6.45, 7) is 2.96. The highest BCUT2D eigenvalue weighted by molar-refractivity contribution is 7.09. The summed E-state index contributed by atoms with van der Waals surface area (Å²) < 4.78 is 0. The summed E-state index contributed by atoms with van der Waals surface area (Å²) in [5.74, 6) is 3.46. The lowest BCUT2D eigenvalue weighted by Crippen LogP contribution is -2.48. The Morgan fingerprint density at radius 2 is 1.91 bits per heavy atom. The van der Waals surface area contributed by atoms with Crippen molar-refractivity contribution in [2.45, 2.75) is 57.8 Å². The molecule has 1 unspecified atom stereocenters. The lowest BCUT2D eigenvalue weighted by molar-refractivity contribution is -0.138. The molecule has 0 saturated heterocycles. The standard InChI is InChI=1S/C19H28N2OS/c1-13(18-20-3-4-23-18)12-21(2)17(22)11-19-8-14-5-15(9-19)7-16(6-14)10-19/h3-4,13-16H,5-12H2,1-2H3. The number of hydrogen-bond acceptors (Lipinski definition) is 3. The predicted octanol–water partition coefficient (Wildman–Crippen LogP) is 4.31. The first kappa shape index (κ1) is 15.6. The molecule has 1 amide bonds. The van der Waals surface area contributed by atoms with E-state index in [0.717, 1.165) is 35.7 Å². The fourth-order valence-corrected chi connectivity index (χ4v) is 6.72. The average Bonchev–Trinajstić information content (AvgIpc) is 2.99. The Hall–Kier alpha value is -0.900. The topological polar surface area (TPSA) is 33.2 Å². The third kappa shape index (κ3) is 3.07. The summed E-state index contributed by atoms with van der Waals surface area (Å²) in [4.78, 5) is 19.2. The Bertz CT molecular complexity index is 533. The van der Waals surface area contributed by atoms with Crippen molar-refractivity contribution in [2.24, 2.45) is 23.2 Å². The monoisotopic (exact) mass is 332 g/mol. The van der Waals surface area contributed by atoms with Crippen molar-refractivity contribution in [3.8, 4) is 0 Å². The van der Waals surface area contributed by atoms with Crippen molar-refractivity contribution in [1.82, 2.24) is 9.88 Å². The maximum Gasteiger partial charge on any atom is 0.222 e. The van der Waals surface area contributed by atoms with Gasteiger partial charge in [0.05, 0.1) is 5.01 Å². The molecule has 1 aromatic rings. The van der Waals surface area contributed by atoms with Gasteiger partial charge >= 0.3 is 0 Å². The number of thiazole rings is 1. The molecule has 5 rings (SSSR count). The number of likely N-dealkylation sites (N-methyl/N-ethyl adjacent to an activating group) is 1. The normalized spacial score (nSPS) is 36.2. The quantitative estimate of drug-likeness (QED) is 0.805. The van der Waals surface area contributed by atoms with Gasteiger partial charge in [0.25, 0.3) is 0 Å². The maximum atomic E-state index is 12.8. The van der Waals surface area contributed by atoms with Crippen molar-refractivity contribution < 1.29 is 4.79 Å². The fourth-order valence-electron chi connectivity index (χ4n) is 6.03. The van der Waals surface area contributed by atoms with Gasteiger partial charge in [-0.3, -0.25) is 4.79 Å². The highest BCUT2D eigenvalue weighted by atomic mass is 32.1. The Labute approximate surface area is 143 Å². The van der Waals surface area contributed by atoms with E-state index in [2.05, 4.69) is 11.9 Å². The molecule has 4 heteroatoms. The van der Waals surface area contributed by atoms with Gasteiger partial charge < -0.3 is 4.90 Å². The molecule has 23 heavy (non-hydrogen) atoms. The molecule has 0 radical (unpaired) electrons. The Morgan fingerprint density at radius 3 is 2.43 bits per heavy atom. The molecule has 4 aliphatic rings. The molecule has 4 bridgehead atoms. The van der Waals surface area contributed by atoms with E-state index in [1.54, 1.807) is 11.3 Å². The van der Waals surface area contributed by atoms with E-state index in [1.165, 1.54) is 38.5 Å². The van der Waals surface area contributed by atoms with Crippen LogP contribution in [-0.4, -0.2) is 29.4 Å². The summed E-state index contributed by atoms with van der Waals surface area (Å²) in [6, 6.07) is 0. The lowest BCUT2D eigenvalue weighted by atomic mass is 9.49. The molecule has 3 nitrogen and oxygen atoms in total. The van der Waals surface area contributed by atoms with Gasteiger partial charge in [-0.25, -0.2) is 4.98 Å². The van der Waals surface area contributed by atoms with Crippen LogP contribution in [0.4, 0.5) is 0 Å². The number of hydrogen-bond donors (Lipinski definition) is 0. The zero-order valence-electron chi connectivity index (χ0n) is 14.3. The zero-order valence-corrected chi connectivity index (χ0v) is 15.1. The van der Waals surface area contributed by atoms with Crippen molar-refractivity contribution >= 4 is 17.2 Å². The smallest absolute Gasteiger partial charge is 0.222 e. The minimum absolute atomic E-state index is 0.334. The molecule has 0 spiro atoms. The lowest BCUT2D eigenvalue weighted by Gasteiger charge is -2.57. The SMILES string of the molecule is CC(CN(C)C(=O)CC12CC3CC(CC(C3)C1)C2)c1nccs1. The van der Waals surface area contributed by atoms with Gasteiger partial charge in [0.2, 0.25) is 5.91 Å². The molecule has 0 N–H and O–H groups in total. The number of nitrogens with zero attached hydrogens (tertiary/aromatic N) is 2. The number of carbonyl (C=O) groups is 1. The molecule has 4 fully saturated rings. The van der Waals surface area contributed by atoms with Gasteiger partial charge in [-0.15, -0.1) is 11.3 Å². The molecule has 4 saturated carbocycles. The summed E-state index contributed by atoms with van der Waals surface area (Å²) in [7, 11) is 1.98. The van der Waals surface area contributed by atoms with Crippen LogP contribution in [0, 0.1) is 23.2 Å². The van der Waals surface area contributed by atoms with Crippen LogP contribution < -0.4 is 0 Å². The minimum Gasteiger partial charge on any atom is -0.345 e. The van der Waals surface area contributed by atoms with E-state index >= 15 is 0 Å². The molecule has 126 valence electrons. The molecule has 1 aromatic heterocycles. The molecule has 4 aliphatic carbocycles. The van der Waals surface area contributed by atoms with Crippen LogP contribution in [0.15, 0.2) is 11.6 Å². The van der Waals surface area contributed by atoms with Gasteiger partial charge in [0.1, 0.15) is 0 Å². The number of carbonyl (C=O) groups excluding carboxylic acids is 1. The van der Waals surface area contributed by atoms with Crippen molar-refractivity contribution in [3.05, 3.63) is 16.6 Å². The van der Waals surface area contributed by atoms with E-state index < -0.39 is 0 Å². The van der Waals surface area contributed by atoms with Gasteiger partial charge in [-0.1, -0.05) is 6.92 Å². The summed E-state index contributed by atoms with van der Waals surface area (Å²) in [6.07, 6.45) is 11.0. The van der Waals surface area contributed by atoms with Crippen LogP contribution in [0.2, 0.25) is 0 Å². The first-order valence-corrected chi connectivity index (χ1v) is 10.0. The van der Waals surface area contributed by atoms with Crippen LogP contribution in [-0.2, 0) is 4.79 Å². The van der Waals surface area contributed by atoms with Crippen molar-refractivity contribution in [3.63, 3.8) is 0 Å². The van der Waals surface area contributed by atoms with Crippen molar-refractivity contribution in [1.29, 1.82) is 0 Å². The first-order valence-electron chi connectivity index (χ1n) is 9.16. The van der Waals surface area contributed by atoms with E-state index in [1.807, 2.05) is 23.5 Å². The zero-order chi connectivity index (χ0) is 16.0. The predicted molar refractivity (Wildman–Crippen MR) is 93.4 cm³/mol. The second-order valence-electron chi connectivity index (χ2n) is 8.64. The van der Waals surface area contributed by atoms with Crippen LogP contribution in [0.3, 0.4) is 0 Å². The maximum absolute atomic E-state index is 12.8. The number of aromatic nitrogens is 1. The average molecular weight is 333 g/mol. The van der Waals surface area contributed by atoms with Crippen LogP contribution in [0.25, 0.3) is 0 Å². The Balaban J connectivity index is 1.38. The molecule has 1 heterocycles. The Kier molecular flexibility index (Phi) is 3.99. The molecular weight excluding hydrogens is 304 g/mol. The molecule has 0 aliphatic heterocycles. The highest BCUT2D eigenvalue weighted by Gasteiger charge is 2.51. The van der Waals surface area contributed by atoms with E-state index in [0.29, 0.717) is 17.2 Å². The van der Waals surface area contributed by atoms with Crippen LogP contribution >= 0.6 is 11.3 Å². The second-order valence-corrected chi connectivity index (χ2v) is 9.57. The minimum atomic E-state index is 0.334. The largest absolute Gasteiger partial charge is 0.345 e. The third-order valence-corrected chi connectivity index (χ3v) is 7.54. The van der Waals surface area contributed by atoms with E-state index in [-0.39, 0.29) is 0 Å². The third-order valence-electron chi connectivity index (χ3n) is 6.54. The summed E-state index contributed by atoms with van der Waals surface area (Å²) in [5.41, 5.74) is 0.352. The highest BCUT2D eigenvalue weighted by Crippen LogP contribution is 2.61. The number of amides is 1. The second kappa shape index (κ2) is 5.87.